The molecule has 1 aromatic carbocycles. The fourth-order valence-corrected chi connectivity index (χ4v) is 1.39. The van der Waals surface area contributed by atoms with Gasteiger partial charge in [-0.05, 0) is 12.1 Å². The van der Waals surface area contributed by atoms with Gasteiger partial charge in [-0.15, -0.1) is 6.58 Å². The van der Waals surface area contributed by atoms with Crippen molar-refractivity contribution in [3.63, 3.8) is 0 Å². The second kappa shape index (κ2) is 3.52. The van der Waals surface area contributed by atoms with E-state index in [2.05, 4.69) is 11.9 Å². The van der Waals surface area contributed by atoms with Gasteiger partial charge in [0.05, 0.1) is 12.2 Å². The molecule has 0 aliphatic carbocycles. The Balaban J connectivity index is 2.15. The number of fused-ring (bicyclic) bond motifs is 1. The predicted molar refractivity (Wildman–Crippen MR) is 53.8 cm³/mol. The zero-order valence-electron chi connectivity index (χ0n) is 7.36. The number of anilines is 1. The Morgan fingerprint density at radius 2 is 2.31 bits per heavy atom. The molecular formula is C11H12NO. The molecular weight excluding hydrogens is 162 g/mol. The van der Waals surface area contributed by atoms with Crippen molar-refractivity contribution in [1.82, 2.24) is 0 Å². The first kappa shape index (κ1) is 8.17. The van der Waals surface area contributed by atoms with Crippen molar-refractivity contribution >= 4 is 5.69 Å². The minimum absolute atomic E-state index is 0.104. The van der Waals surface area contributed by atoms with E-state index < -0.39 is 0 Å². The van der Waals surface area contributed by atoms with Crippen molar-refractivity contribution in [2.45, 2.75) is 6.10 Å². The molecule has 1 atom stereocenters. The maximum atomic E-state index is 5.68. The molecule has 1 radical (unpaired) electrons. The number of hydrogen-bond donors (Lipinski definition) is 1. The van der Waals surface area contributed by atoms with Gasteiger partial charge in [0.2, 0.25) is 0 Å². The summed E-state index contributed by atoms with van der Waals surface area (Å²) in [4.78, 5) is 0. The molecule has 0 bridgehead atoms. The molecule has 1 heterocycles. The number of para-hydroxylation sites is 2. The van der Waals surface area contributed by atoms with E-state index in [0.717, 1.165) is 18.0 Å². The molecule has 1 N–H and O–H groups in total. The van der Waals surface area contributed by atoms with Crippen LogP contribution in [0.2, 0.25) is 0 Å². The summed E-state index contributed by atoms with van der Waals surface area (Å²) in [5.41, 5.74) is 1.07. The Hall–Kier alpha value is -1.44. The van der Waals surface area contributed by atoms with Crippen molar-refractivity contribution in [3.8, 4) is 5.75 Å². The average molecular weight is 174 g/mol. The lowest BCUT2D eigenvalue weighted by Gasteiger charge is -2.26. The van der Waals surface area contributed by atoms with Gasteiger partial charge in [0.1, 0.15) is 11.9 Å². The largest absolute Gasteiger partial charge is 0.486 e. The van der Waals surface area contributed by atoms with E-state index >= 15 is 0 Å². The minimum Gasteiger partial charge on any atom is -0.486 e. The maximum absolute atomic E-state index is 5.68. The Labute approximate surface area is 78.2 Å². The van der Waals surface area contributed by atoms with Gasteiger partial charge in [-0.1, -0.05) is 18.2 Å². The molecule has 0 saturated heterocycles. The number of rotatable bonds is 2. The summed E-state index contributed by atoms with van der Waals surface area (Å²) in [5, 5.41) is 3.29. The number of hydrogen-bond acceptors (Lipinski definition) is 2. The van der Waals surface area contributed by atoms with Crippen molar-refractivity contribution in [1.29, 1.82) is 0 Å². The highest BCUT2D eigenvalue weighted by molar-refractivity contribution is 5.57. The third kappa shape index (κ3) is 1.66. The molecule has 0 fully saturated rings. The smallest absolute Gasteiger partial charge is 0.142 e. The van der Waals surface area contributed by atoms with Crippen LogP contribution in [0.4, 0.5) is 5.69 Å². The van der Waals surface area contributed by atoms with E-state index in [0.29, 0.717) is 0 Å². The molecule has 2 nitrogen and oxygen atoms in total. The number of benzene rings is 1. The topological polar surface area (TPSA) is 21.3 Å². The molecule has 0 spiro atoms. The molecule has 1 unspecified atom stereocenters. The van der Waals surface area contributed by atoms with E-state index in [1.807, 2.05) is 30.7 Å². The Kier molecular flexibility index (Phi) is 2.21. The van der Waals surface area contributed by atoms with Crippen LogP contribution in [0.25, 0.3) is 0 Å². The highest BCUT2D eigenvalue weighted by Crippen LogP contribution is 2.28. The molecule has 0 saturated carbocycles. The number of nitrogens with one attached hydrogen (secondary N) is 1. The third-order valence-electron chi connectivity index (χ3n) is 2.01. The molecule has 13 heavy (non-hydrogen) atoms. The van der Waals surface area contributed by atoms with Crippen LogP contribution in [0.15, 0.2) is 36.9 Å². The summed E-state index contributed by atoms with van der Waals surface area (Å²) in [7, 11) is 0. The normalized spacial score (nSPS) is 19.5. The van der Waals surface area contributed by atoms with Crippen LogP contribution in [0.1, 0.15) is 0 Å². The molecule has 67 valence electrons. The Morgan fingerprint density at radius 1 is 1.46 bits per heavy atom. The van der Waals surface area contributed by atoms with Crippen LogP contribution in [0, 0.1) is 6.42 Å². The van der Waals surface area contributed by atoms with E-state index in [4.69, 9.17) is 4.74 Å². The van der Waals surface area contributed by atoms with Crippen molar-refractivity contribution in [2.24, 2.45) is 0 Å². The van der Waals surface area contributed by atoms with Crippen LogP contribution >= 0.6 is 0 Å². The lowest BCUT2D eigenvalue weighted by atomic mass is 10.2. The van der Waals surface area contributed by atoms with E-state index in [-0.39, 0.29) is 6.10 Å². The van der Waals surface area contributed by atoms with Gasteiger partial charge >= 0.3 is 0 Å². The lowest BCUT2D eigenvalue weighted by molar-refractivity contribution is 0.242. The second-order valence-electron chi connectivity index (χ2n) is 2.96. The molecule has 1 aliphatic rings. The van der Waals surface area contributed by atoms with Crippen LogP contribution in [-0.2, 0) is 0 Å². The summed E-state index contributed by atoms with van der Waals surface area (Å²) in [6.07, 6.45) is 3.82. The Morgan fingerprint density at radius 3 is 3.15 bits per heavy atom. The van der Waals surface area contributed by atoms with Crippen molar-refractivity contribution < 1.29 is 4.74 Å². The van der Waals surface area contributed by atoms with E-state index in [1.165, 1.54) is 0 Å². The third-order valence-corrected chi connectivity index (χ3v) is 2.01. The summed E-state index contributed by atoms with van der Waals surface area (Å²) in [6.45, 7) is 4.46. The van der Waals surface area contributed by atoms with Crippen LogP contribution < -0.4 is 10.1 Å². The van der Waals surface area contributed by atoms with Crippen LogP contribution in [-0.4, -0.2) is 12.6 Å². The van der Waals surface area contributed by atoms with Gasteiger partial charge in [0.25, 0.3) is 0 Å². The second-order valence-corrected chi connectivity index (χ2v) is 2.96. The lowest BCUT2D eigenvalue weighted by Crippen LogP contribution is -2.30. The van der Waals surface area contributed by atoms with Gasteiger partial charge in [-0.3, -0.25) is 0 Å². The maximum Gasteiger partial charge on any atom is 0.142 e. The zero-order chi connectivity index (χ0) is 9.10. The summed E-state index contributed by atoms with van der Waals surface area (Å²) in [5.74, 6) is 0.914. The molecule has 0 amide bonds. The predicted octanol–water partition coefficient (Wildman–Crippen LogP) is 2.25. The van der Waals surface area contributed by atoms with Crippen LogP contribution in [0.3, 0.4) is 0 Å². The monoisotopic (exact) mass is 174 g/mol. The fraction of sp³-hybridized carbons (Fsp3) is 0.182. The first-order valence-corrected chi connectivity index (χ1v) is 4.35. The zero-order valence-corrected chi connectivity index (χ0v) is 7.36. The molecule has 1 aromatic rings. The molecule has 0 aromatic heterocycles. The minimum atomic E-state index is 0.104. The summed E-state index contributed by atoms with van der Waals surface area (Å²) in [6, 6.07) is 7.94. The average Bonchev–Trinajstić information content (AvgIpc) is 2.18. The first-order chi connectivity index (χ1) is 6.40. The summed E-state index contributed by atoms with van der Waals surface area (Å²) < 4.78 is 5.68. The molecule has 2 rings (SSSR count). The van der Waals surface area contributed by atoms with Crippen LogP contribution in [0.5, 0.6) is 5.75 Å². The summed E-state index contributed by atoms with van der Waals surface area (Å²) >= 11 is 0. The van der Waals surface area contributed by atoms with Crippen molar-refractivity contribution in [3.05, 3.63) is 43.3 Å². The van der Waals surface area contributed by atoms with Gasteiger partial charge < -0.3 is 10.1 Å². The molecule has 1 aliphatic heterocycles. The quantitative estimate of drug-likeness (QED) is 0.742. The SMILES string of the molecule is C=C[CH]C1CNc2ccccc2O1. The van der Waals surface area contributed by atoms with Gasteiger partial charge in [0, 0.05) is 6.42 Å². The highest BCUT2D eigenvalue weighted by atomic mass is 16.5. The standard InChI is InChI=1S/C11H12NO/c1-2-5-9-8-12-10-6-3-4-7-11(10)13-9/h2-7,9,12H,1,8H2. The molecule has 2 heteroatoms. The van der Waals surface area contributed by atoms with Gasteiger partial charge in [0.15, 0.2) is 0 Å². The number of ether oxygens (including phenoxy) is 1. The first-order valence-electron chi connectivity index (χ1n) is 4.35. The van der Waals surface area contributed by atoms with Gasteiger partial charge in [-0.2, -0.15) is 0 Å². The van der Waals surface area contributed by atoms with Gasteiger partial charge in [-0.25, -0.2) is 0 Å². The highest BCUT2D eigenvalue weighted by Gasteiger charge is 2.16. The van der Waals surface area contributed by atoms with Crippen molar-refractivity contribution in [2.75, 3.05) is 11.9 Å². The fourth-order valence-electron chi connectivity index (χ4n) is 1.39. The Bertz CT molecular complexity index is 309. The van der Waals surface area contributed by atoms with E-state index in [9.17, 15) is 0 Å². The van der Waals surface area contributed by atoms with E-state index in [1.54, 1.807) is 6.08 Å².